The number of hydrogen-bond acceptors (Lipinski definition) is 2. The summed E-state index contributed by atoms with van der Waals surface area (Å²) in [4.78, 5) is 0. The van der Waals surface area contributed by atoms with Crippen LogP contribution in [0, 0.1) is 5.92 Å². The number of rotatable bonds is 4. The fourth-order valence-corrected chi connectivity index (χ4v) is 1.29. The number of hydrogen-bond donors (Lipinski definition) is 1. The zero-order valence-electron chi connectivity index (χ0n) is 8.59. The molecule has 0 unspecified atom stereocenters. The summed E-state index contributed by atoms with van der Waals surface area (Å²) in [6, 6.07) is 5.61. The van der Waals surface area contributed by atoms with Crippen LogP contribution >= 0.6 is 11.6 Å². The van der Waals surface area contributed by atoms with Crippen molar-refractivity contribution in [3.8, 4) is 5.75 Å². The highest BCUT2D eigenvalue weighted by atomic mass is 35.5. The first-order valence-corrected chi connectivity index (χ1v) is 5.12. The monoisotopic (exact) mass is 213 g/mol. The molecule has 2 N–H and O–H groups in total. The van der Waals surface area contributed by atoms with Gasteiger partial charge in [-0.1, -0.05) is 31.5 Å². The highest BCUT2D eigenvalue weighted by Gasteiger charge is 2.01. The molecule has 0 saturated heterocycles. The van der Waals surface area contributed by atoms with Crippen molar-refractivity contribution in [2.24, 2.45) is 11.7 Å². The van der Waals surface area contributed by atoms with Crippen LogP contribution < -0.4 is 10.5 Å². The molecule has 0 spiro atoms. The summed E-state index contributed by atoms with van der Waals surface area (Å²) < 4.78 is 5.52. The normalized spacial score (nSPS) is 10.6. The van der Waals surface area contributed by atoms with Crippen molar-refractivity contribution in [1.29, 1.82) is 0 Å². The van der Waals surface area contributed by atoms with Crippen LogP contribution in [0.4, 0.5) is 0 Å². The minimum absolute atomic E-state index is 0.462. The molecule has 3 heteroatoms. The molecule has 1 aromatic rings. The van der Waals surface area contributed by atoms with E-state index in [0.717, 1.165) is 11.3 Å². The Morgan fingerprint density at radius 2 is 2.14 bits per heavy atom. The molecule has 0 radical (unpaired) electrons. The van der Waals surface area contributed by atoms with E-state index < -0.39 is 0 Å². The van der Waals surface area contributed by atoms with Gasteiger partial charge in [0.05, 0.1) is 6.61 Å². The molecule has 0 saturated carbocycles. The van der Waals surface area contributed by atoms with Gasteiger partial charge in [-0.25, -0.2) is 0 Å². The van der Waals surface area contributed by atoms with Gasteiger partial charge in [-0.05, 0) is 23.6 Å². The molecule has 0 bridgehead atoms. The Bertz CT molecular complexity index is 299. The molecule has 2 nitrogen and oxygen atoms in total. The van der Waals surface area contributed by atoms with Crippen LogP contribution in [-0.2, 0) is 6.54 Å². The Labute approximate surface area is 90.0 Å². The molecule has 14 heavy (non-hydrogen) atoms. The van der Waals surface area contributed by atoms with E-state index in [1.807, 2.05) is 18.2 Å². The van der Waals surface area contributed by atoms with Gasteiger partial charge < -0.3 is 10.5 Å². The zero-order chi connectivity index (χ0) is 10.6. The lowest BCUT2D eigenvalue weighted by Crippen LogP contribution is -2.05. The quantitative estimate of drug-likeness (QED) is 0.835. The SMILES string of the molecule is CC(C)COc1ccc(CN)c(Cl)c1. The van der Waals surface area contributed by atoms with E-state index in [1.54, 1.807) is 0 Å². The van der Waals surface area contributed by atoms with Gasteiger partial charge in [-0.3, -0.25) is 0 Å². The highest BCUT2D eigenvalue weighted by molar-refractivity contribution is 6.31. The van der Waals surface area contributed by atoms with E-state index in [9.17, 15) is 0 Å². The summed E-state index contributed by atoms with van der Waals surface area (Å²) >= 11 is 5.98. The maximum atomic E-state index is 5.98. The second kappa shape index (κ2) is 5.23. The Hall–Kier alpha value is -0.730. The molecule has 1 rings (SSSR count). The number of ether oxygens (including phenoxy) is 1. The topological polar surface area (TPSA) is 35.2 Å². The largest absolute Gasteiger partial charge is 0.493 e. The maximum absolute atomic E-state index is 5.98. The van der Waals surface area contributed by atoms with E-state index >= 15 is 0 Å². The molecule has 78 valence electrons. The predicted octanol–water partition coefficient (Wildman–Crippen LogP) is 2.83. The van der Waals surface area contributed by atoms with Gasteiger partial charge in [-0.2, -0.15) is 0 Å². The maximum Gasteiger partial charge on any atom is 0.120 e. The minimum Gasteiger partial charge on any atom is -0.493 e. The molecule has 0 atom stereocenters. The zero-order valence-corrected chi connectivity index (χ0v) is 9.34. The van der Waals surface area contributed by atoms with Crippen LogP contribution in [0.1, 0.15) is 19.4 Å². The van der Waals surface area contributed by atoms with Crippen molar-refractivity contribution in [1.82, 2.24) is 0 Å². The molecule has 0 amide bonds. The van der Waals surface area contributed by atoms with Crippen molar-refractivity contribution in [3.63, 3.8) is 0 Å². The lowest BCUT2D eigenvalue weighted by molar-refractivity contribution is 0.271. The van der Waals surface area contributed by atoms with Crippen LogP contribution in [0.3, 0.4) is 0 Å². The second-order valence-electron chi connectivity index (χ2n) is 3.66. The Morgan fingerprint density at radius 1 is 1.43 bits per heavy atom. The molecule has 0 aromatic heterocycles. The van der Waals surface area contributed by atoms with Gasteiger partial charge in [0.25, 0.3) is 0 Å². The molecular formula is C11H16ClNO. The Morgan fingerprint density at radius 3 is 2.64 bits per heavy atom. The van der Waals surface area contributed by atoms with Crippen LogP contribution in [0.2, 0.25) is 5.02 Å². The van der Waals surface area contributed by atoms with E-state index in [4.69, 9.17) is 22.1 Å². The molecule has 0 fully saturated rings. The summed E-state index contributed by atoms with van der Waals surface area (Å²) in [6.07, 6.45) is 0. The lowest BCUT2D eigenvalue weighted by Gasteiger charge is -2.09. The van der Waals surface area contributed by atoms with Gasteiger partial charge >= 0.3 is 0 Å². The summed E-state index contributed by atoms with van der Waals surface area (Å²) in [7, 11) is 0. The van der Waals surface area contributed by atoms with E-state index in [-0.39, 0.29) is 0 Å². The van der Waals surface area contributed by atoms with Crippen LogP contribution in [0.5, 0.6) is 5.75 Å². The van der Waals surface area contributed by atoms with Crippen molar-refractivity contribution < 1.29 is 4.74 Å². The van der Waals surface area contributed by atoms with Gasteiger partial charge in [0.15, 0.2) is 0 Å². The smallest absolute Gasteiger partial charge is 0.120 e. The molecule has 0 aliphatic rings. The first-order valence-electron chi connectivity index (χ1n) is 4.74. The number of nitrogens with two attached hydrogens (primary N) is 1. The number of halogens is 1. The Kier molecular flexibility index (Phi) is 4.23. The first kappa shape index (κ1) is 11.3. The fourth-order valence-electron chi connectivity index (χ4n) is 1.05. The van der Waals surface area contributed by atoms with Gasteiger partial charge in [0.1, 0.15) is 5.75 Å². The minimum atomic E-state index is 0.462. The van der Waals surface area contributed by atoms with Crippen LogP contribution in [0.15, 0.2) is 18.2 Å². The average Bonchev–Trinajstić information content (AvgIpc) is 2.15. The summed E-state index contributed by atoms with van der Waals surface area (Å²) in [5.74, 6) is 1.32. The van der Waals surface area contributed by atoms with Gasteiger partial charge in [0, 0.05) is 11.6 Å². The third kappa shape index (κ3) is 3.20. The third-order valence-electron chi connectivity index (χ3n) is 1.83. The lowest BCUT2D eigenvalue weighted by atomic mass is 10.2. The van der Waals surface area contributed by atoms with Crippen molar-refractivity contribution >= 4 is 11.6 Å². The van der Waals surface area contributed by atoms with E-state index in [1.165, 1.54) is 0 Å². The van der Waals surface area contributed by atoms with Crippen LogP contribution in [0.25, 0.3) is 0 Å². The number of benzene rings is 1. The van der Waals surface area contributed by atoms with Crippen LogP contribution in [-0.4, -0.2) is 6.61 Å². The fraction of sp³-hybridized carbons (Fsp3) is 0.455. The summed E-state index contributed by atoms with van der Waals surface area (Å²) in [5.41, 5.74) is 6.45. The predicted molar refractivity (Wildman–Crippen MR) is 59.7 cm³/mol. The third-order valence-corrected chi connectivity index (χ3v) is 2.18. The molecule has 0 aliphatic heterocycles. The molecule has 1 aromatic carbocycles. The van der Waals surface area contributed by atoms with Crippen molar-refractivity contribution in [2.75, 3.05) is 6.61 Å². The van der Waals surface area contributed by atoms with Crippen molar-refractivity contribution in [2.45, 2.75) is 20.4 Å². The average molecular weight is 214 g/mol. The Balaban J connectivity index is 2.66. The molecular weight excluding hydrogens is 198 g/mol. The van der Waals surface area contributed by atoms with Crippen molar-refractivity contribution in [3.05, 3.63) is 28.8 Å². The first-order chi connectivity index (χ1) is 6.63. The summed E-state index contributed by atoms with van der Waals surface area (Å²) in [6.45, 7) is 5.38. The molecule has 0 aliphatic carbocycles. The van der Waals surface area contributed by atoms with E-state index in [0.29, 0.717) is 24.1 Å². The van der Waals surface area contributed by atoms with Gasteiger partial charge in [0.2, 0.25) is 0 Å². The van der Waals surface area contributed by atoms with Gasteiger partial charge in [-0.15, -0.1) is 0 Å². The standard InChI is InChI=1S/C11H16ClNO/c1-8(2)7-14-10-4-3-9(6-13)11(12)5-10/h3-5,8H,6-7,13H2,1-2H3. The summed E-state index contributed by atoms with van der Waals surface area (Å²) in [5, 5.41) is 0.675. The highest BCUT2D eigenvalue weighted by Crippen LogP contribution is 2.22. The molecule has 0 heterocycles. The second-order valence-corrected chi connectivity index (χ2v) is 4.07. The van der Waals surface area contributed by atoms with E-state index in [2.05, 4.69) is 13.8 Å².